The summed E-state index contributed by atoms with van der Waals surface area (Å²) in [5.41, 5.74) is 0. The monoisotopic (exact) mass is 158 g/mol. The topological polar surface area (TPSA) is 20.2 Å². The average Bonchev–Trinajstić information content (AvgIpc) is 1.87. The normalized spacial score (nSPS) is 17.5. The first kappa shape index (κ1) is 11.0. The predicted molar refractivity (Wildman–Crippen MR) is 49.5 cm³/mol. The Morgan fingerprint density at radius 1 is 0.909 bits per heavy atom. The molecule has 0 unspecified atom stereocenters. The maximum atomic E-state index is 9.55. The molecule has 0 heterocycles. The lowest BCUT2D eigenvalue weighted by atomic mass is 9.89. The van der Waals surface area contributed by atoms with E-state index < -0.39 is 0 Å². The van der Waals surface area contributed by atoms with Gasteiger partial charge in [0.25, 0.3) is 0 Å². The van der Waals surface area contributed by atoms with Crippen molar-refractivity contribution in [1.82, 2.24) is 0 Å². The molecule has 0 saturated carbocycles. The first-order valence-corrected chi connectivity index (χ1v) is 4.63. The molecule has 1 heteroatoms. The lowest BCUT2D eigenvalue weighted by Gasteiger charge is -2.21. The van der Waals surface area contributed by atoms with E-state index in [-0.39, 0.29) is 6.10 Å². The molecule has 0 aromatic carbocycles. The number of hydrogen-bond donors (Lipinski definition) is 1. The Hall–Kier alpha value is -0.0400. The Balaban J connectivity index is 3.66. The van der Waals surface area contributed by atoms with Crippen molar-refractivity contribution in [1.29, 1.82) is 0 Å². The molecule has 11 heavy (non-hydrogen) atoms. The van der Waals surface area contributed by atoms with Gasteiger partial charge in [0, 0.05) is 0 Å². The van der Waals surface area contributed by atoms with Crippen LogP contribution in [-0.4, -0.2) is 11.2 Å². The van der Waals surface area contributed by atoms with Crippen LogP contribution < -0.4 is 0 Å². The van der Waals surface area contributed by atoms with Crippen LogP contribution in [0.1, 0.15) is 41.0 Å². The summed E-state index contributed by atoms with van der Waals surface area (Å²) in [6.45, 7) is 10.8. The van der Waals surface area contributed by atoms with Gasteiger partial charge in [0.2, 0.25) is 0 Å². The van der Waals surface area contributed by atoms with Gasteiger partial charge in [-0.15, -0.1) is 0 Å². The number of rotatable bonds is 4. The Kier molecular flexibility index (Phi) is 4.74. The molecule has 0 saturated heterocycles. The van der Waals surface area contributed by atoms with Crippen LogP contribution in [0.25, 0.3) is 0 Å². The van der Waals surface area contributed by atoms with Gasteiger partial charge in [-0.25, -0.2) is 0 Å². The molecule has 1 nitrogen and oxygen atoms in total. The molecule has 68 valence electrons. The number of hydrogen-bond acceptors (Lipinski definition) is 1. The van der Waals surface area contributed by atoms with E-state index in [1.165, 1.54) is 0 Å². The van der Waals surface area contributed by atoms with Gasteiger partial charge >= 0.3 is 0 Å². The minimum absolute atomic E-state index is 0.118. The van der Waals surface area contributed by atoms with E-state index >= 15 is 0 Å². The van der Waals surface area contributed by atoms with Gasteiger partial charge in [-0.05, 0) is 24.2 Å². The molecule has 0 aliphatic carbocycles. The van der Waals surface area contributed by atoms with Crippen LogP contribution in [0.15, 0.2) is 0 Å². The van der Waals surface area contributed by atoms with Crippen LogP contribution >= 0.6 is 0 Å². The van der Waals surface area contributed by atoms with Gasteiger partial charge in [-0.2, -0.15) is 0 Å². The summed E-state index contributed by atoms with van der Waals surface area (Å²) < 4.78 is 0. The fraction of sp³-hybridized carbons (Fsp3) is 1.00. The van der Waals surface area contributed by atoms with Gasteiger partial charge in [-0.1, -0.05) is 34.6 Å². The summed E-state index contributed by atoms with van der Waals surface area (Å²) in [6, 6.07) is 0. The summed E-state index contributed by atoms with van der Waals surface area (Å²) in [5.74, 6) is 1.71. The van der Waals surface area contributed by atoms with Crippen LogP contribution in [0, 0.1) is 17.8 Å². The van der Waals surface area contributed by atoms with E-state index in [2.05, 4.69) is 34.6 Å². The van der Waals surface area contributed by atoms with Gasteiger partial charge in [-0.3, -0.25) is 0 Å². The molecule has 0 amide bonds. The molecule has 0 spiro atoms. The van der Waals surface area contributed by atoms with Gasteiger partial charge in [0.05, 0.1) is 6.10 Å². The molecule has 0 radical (unpaired) electrons. The molecule has 0 bridgehead atoms. The SMILES string of the molecule is CC(C)[C@H](C)C[C@H](O)C(C)C. The van der Waals surface area contributed by atoms with Crippen molar-refractivity contribution in [3.05, 3.63) is 0 Å². The van der Waals surface area contributed by atoms with Crippen LogP contribution in [0.5, 0.6) is 0 Å². The van der Waals surface area contributed by atoms with Crippen molar-refractivity contribution in [2.45, 2.75) is 47.1 Å². The van der Waals surface area contributed by atoms with E-state index in [4.69, 9.17) is 0 Å². The second-order valence-corrected chi connectivity index (χ2v) is 4.27. The minimum Gasteiger partial charge on any atom is -0.393 e. The van der Waals surface area contributed by atoms with E-state index in [0.29, 0.717) is 17.8 Å². The molecular weight excluding hydrogens is 136 g/mol. The Labute approximate surface area is 70.8 Å². The average molecular weight is 158 g/mol. The molecule has 0 rings (SSSR count). The number of aliphatic hydroxyl groups excluding tert-OH is 1. The zero-order chi connectivity index (χ0) is 9.02. The number of aliphatic hydroxyl groups is 1. The van der Waals surface area contributed by atoms with Gasteiger partial charge < -0.3 is 5.11 Å². The fourth-order valence-electron chi connectivity index (χ4n) is 0.925. The second kappa shape index (κ2) is 4.76. The summed E-state index contributed by atoms with van der Waals surface area (Å²) in [6.07, 6.45) is 0.822. The molecule has 0 aliphatic heterocycles. The third-order valence-electron chi connectivity index (χ3n) is 2.52. The Morgan fingerprint density at radius 3 is 1.64 bits per heavy atom. The van der Waals surface area contributed by atoms with Gasteiger partial charge in [0.1, 0.15) is 0 Å². The van der Waals surface area contributed by atoms with E-state index in [0.717, 1.165) is 6.42 Å². The molecule has 2 atom stereocenters. The van der Waals surface area contributed by atoms with Crippen molar-refractivity contribution in [3.63, 3.8) is 0 Å². The lowest BCUT2D eigenvalue weighted by Crippen LogP contribution is -2.20. The largest absolute Gasteiger partial charge is 0.393 e. The highest BCUT2D eigenvalue weighted by Gasteiger charge is 2.15. The maximum absolute atomic E-state index is 9.55. The van der Waals surface area contributed by atoms with Crippen molar-refractivity contribution in [2.24, 2.45) is 17.8 Å². The summed E-state index contributed by atoms with van der Waals surface area (Å²) in [7, 11) is 0. The van der Waals surface area contributed by atoms with Crippen LogP contribution in [0.3, 0.4) is 0 Å². The Morgan fingerprint density at radius 2 is 1.36 bits per heavy atom. The summed E-state index contributed by atoms with van der Waals surface area (Å²) in [5, 5.41) is 9.55. The molecule has 1 N–H and O–H groups in total. The smallest absolute Gasteiger partial charge is 0.0565 e. The molecular formula is C10H22O. The highest BCUT2D eigenvalue weighted by molar-refractivity contribution is 4.66. The molecule has 0 aromatic heterocycles. The van der Waals surface area contributed by atoms with Crippen molar-refractivity contribution in [2.75, 3.05) is 0 Å². The third kappa shape index (κ3) is 4.41. The lowest BCUT2D eigenvalue weighted by molar-refractivity contribution is 0.0914. The molecule has 0 aliphatic rings. The van der Waals surface area contributed by atoms with Crippen LogP contribution in [-0.2, 0) is 0 Å². The zero-order valence-corrected chi connectivity index (χ0v) is 8.46. The maximum Gasteiger partial charge on any atom is 0.0565 e. The third-order valence-corrected chi connectivity index (χ3v) is 2.52. The highest BCUT2D eigenvalue weighted by atomic mass is 16.3. The van der Waals surface area contributed by atoms with Gasteiger partial charge in [0.15, 0.2) is 0 Å². The van der Waals surface area contributed by atoms with E-state index in [1.807, 2.05) is 0 Å². The predicted octanol–water partition coefficient (Wildman–Crippen LogP) is 2.69. The first-order valence-electron chi connectivity index (χ1n) is 4.63. The van der Waals surface area contributed by atoms with Crippen molar-refractivity contribution < 1.29 is 5.11 Å². The van der Waals surface area contributed by atoms with Crippen LogP contribution in [0.4, 0.5) is 0 Å². The van der Waals surface area contributed by atoms with E-state index in [1.54, 1.807) is 0 Å². The van der Waals surface area contributed by atoms with Crippen molar-refractivity contribution in [3.8, 4) is 0 Å². The molecule has 0 fully saturated rings. The van der Waals surface area contributed by atoms with E-state index in [9.17, 15) is 5.11 Å². The first-order chi connectivity index (χ1) is 4.95. The Bertz CT molecular complexity index is 85.0. The second-order valence-electron chi connectivity index (χ2n) is 4.27. The minimum atomic E-state index is -0.118. The summed E-state index contributed by atoms with van der Waals surface area (Å²) >= 11 is 0. The molecule has 0 aromatic rings. The summed E-state index contributed by atoms with van der Waals surface area (Å²) in [4.78, 5) is 0. The van der Waals surface area contributed by atoms with Crippen molar-refractivity contribution >= 4 is 0 Å². The zero-order valence-electron chi connectivity index (χ0n) is 8.46. The standard InChI is InChI=1S/C10H22O/c1-7(2)9(5)6-10(11)8(3)4/h7-11H,6H2,1-5H3/t9-,10+/m1/s1. The van der Waals surface area contributed by atoms with Crippen LogP contribution in [0.2, 0.25) is 0 Å². The fourth-order valence-corrected chi connectivity index (χ4v) is 0.925. The highest BCUT2D eigenvalue weighted by Crippen LogP contribution is 2.19. The quantitative estimate of drug-likeness (QED) is 0.667.